The molecule has 0 unspecified atom stereocenters. The van der Waals surface area contributed by atoms with Gasteiger partial charge in [-0.15, -0.1) is 0 Å². The summed E-state index contributed by atoms with van der Waals surface area (Å²) < 4.78 is 39.5. The standard InChI is InChI=1S/C24H16F3N3O3/c25-24(26,27)23(32)33-29-19-10-11-30-20-9-6-14(22(31)13-4-7-15(28)8-5-13)12-18(20)16-2-1-3-17(19)21(16)30/h1-9,12H,10-11,28H2/b29-19+. The van der Waals surface area contributed by atoms with Gasteiger partial charge >= 0.3 is 12.1 Å². The predicted octanol–water partition coefficient (Wildman–Crippen LogP) is 4.82. The fourth-order valence-electron chi connectivity index (χ4n) is 4.16. The van der Waals surface area contributed by atoms with E-state index in [0.717, 1.165) is 21.8 Å². The molecular weight excluding hydrogens is 435 g/mol. The number of nitrogens with zero attached hydrogens (tertiary/aromatic N) is 2. The number of nitrogen functional groups attached to an aromatic ring is 1. The number of hydrogen-bond acceptors (Lipinski definition) is 5. The molecule has 1 aromatic heterocycles. The molecule has 0 atom stereocenters. The van der Waals surface area contributed by atoms with Gasteiger partial charge in [0.2, 0.25) is 0 Å². The van der Waals surface area contributed by atoms with Crippen molar-refractivity contribution < 1.29 is 27.6 Å². The number of halogens is 3. The lowest BCUT2D eigenvalue weighted by atomic mass is 9.99. The summed E-state index contributed by atoms with van der Waals surface area (Å²) in [5, 5.41) is 5.16. The Morgan fingerprint density at radius 1 is 0.970 bits per heavy atom. The molecule has 0 fully saturated rings. The zero-order chi connectivity index (χ0) is 23.3. The monoisotopic (exact) mass is 451 g/mol. The lowest BCUT2D eigenvalue weighted by Gasteiger charge is -2.18. The lowest BCUT2D eigenvalue weighted by Crippen LogP contribution is -2.24. The van der Waals surface area contributed by atoms with Crippen LogP contribution in [0.4, 0.5) is 18.9 Å². The highest BCUT2D eigenvalue weighted by molar-refractivity contribution is 6.20. The minimum atomic E-state index is -5.12. The van der Waals surface area contributed by atoms with E-state index < -0.39 is 12.1 Å². The molecule has 2 heterocycles. The van der Waals surface area contributed by atoms with Crippen molar-refractivity contribution in [3.05, 3.63) is 77.4 Å². The second kappa shape index (κ2) is 7.47. The second-order valence-electron chi connectivity index (χ2n) is 7.70. The molecule has 166 valence electrons. The number of carbonyl (C=O) groups excluding carboxylic acids is 2. The summed E-state index contributed by atoms with van der Waals surface area (Å²) in [4.78, 5) is 28.2. The van der Waals surface area contributed by atoms with Gasteiger partial charge in [-0.1, -0.05) is 23.4 Å². The number of benzene rings is 3. The van der Waals surface area contributed by atoms with Crippen molar-refractivity contribution in [2.75, 3.05) is 5.73 Å². The van der Waals surface area contributed by atoms with Gasteiger partial charge in [0.25, 0.3) is 0 Å². The maximum absolute atomic E-state index is 13.0. The normalized spacial score (nSPS) is 14.7. The number of anilines is 1. The van der Waals surface area contributed by atoms with Crippen LogP contribution in [-0.2, 0) is 16.2 Å². The van der Waals surface area contributed by atoms with Gasteiger partial charge in [-0.3, -0.25) is 4.79 Å². The summed E-state index contributed by atoms with van der Waals surface area (Å²) in [6.07, 6.45) is -4.83. The van der Waals surface area contributed by atoms with E-state index in [-0.39, 0.29) is 17.9 Å². The fourth-order valence-corrected chi connectivity index (χ4v) is 4.16. The molecule has 2 N–H and O–H groups in total. The number of para-hydroxylation sites is 1. The quantitative estimate of drug-likeness (QED) is 0.209. The number of rotatable bonds is 3. The number of fused-ring (bicyclic) bond motifs is 3. The van der Waals surface area contributed by atoms with Crippen LogP contribution in [-0.4, -0.2) is 28.2 Å². The summed E-state index contributed by atoms with van der Waals surface area (Å²) in [6.45, 7) is 0.435. The van der Waals surface area contributed by atoms with Crippen LogP contribution in [0, 0.1) is 0 Å². The van der Waals surface area contributed by atoms with Crippen LogP contribution < -0.4 is 5.73 Å². The highest BCUT2D eigenvalue weighted by atomic mass is 19.4. The Morgan fingerprint density at radius 3 is 2.42 bits per heavy atom. The van der Waals surface area contributed by atoms with Crippen molar-refractivity contribution in [1.82, 2.24) is 4.57 Å². The van der Waals surface area contributed by atoms with Crippen LogP contribution in [0.2, 0.25) is 0 Å². The van der Waals surface area contributed by atoms with Gasteiger partial charge in [0.1, 0.15) is 0 Å². The van der Waals surface area contributed by atoms with Gasteiger partial charge in [0, 0.05) is 51.6 Å². The largest absolute Gasteiger partial charge is 0.493 e. The summed E-state index contributed by atoms with van der Waals surface area (Å²) in [7, 11) is 0. The first-order chi connectivity index (χ1) is 15.7. The number of nitrogens with two attached hydrogens (primary N) is 1. The lowest BCUT2D eigenvalue weighted by molar-refractivity contribution is -0.199. The molecule has 0 bridgehead atoms. The molecule has 6 nitrogen and oxygen atoms in total. The molecule has 1 aliphatic heterocycles. The Bertz CT molecular complexity index is 1470. The van der Waals surface area contributed by atoms with E-state index in [0.29, 0.717) is 28.9 Å². The number of hydrogen-bond donors (Lipinski definition) is 1. The van der Waals surface area contributed by atoms with Crippen molar-refractivity contribution in [3.63, 3.8) is 0 Å². The molecule has 3 aromatic carbocycles. The molecule has 5 rings (SSSR count). The van der Waals surface area contributed by atoms with Gasteiger partial charge in [-0.25, -0.2) is 4.79 Å². The Morgan fingerprint density at radius 2 is 1.70 bits per heavy atom. The molecule has 4 aromatic rings. The summed E-state index contributed by atoms with van der Waals surface area (Å²) in [5.74, 6) is -2.51. The van der Waals surface area contributed by atoms with Crippen LogP contribution >= 0.6 is 0 Å². The smallest absolute Gasteiger partial charge is 0.399 e. The van der Waals surface area contributed by atoms with Crippen molar-refractivity contribution in [1.29, 1.82) is 0 Å². The van der Waals surface area contributed by atoms with Gasteiger partial charge in [-0.2, -0.15) is 13.2 Å². The van der Waals surface area contributed by atoms with E-state index in [1.807, 2.05) is 22.8 Å². The number of aryl methyl sites for hydroxylation is 1. The Hall–Kier alpha value is -4.14. The molecule has 0 saturated carbocycles. The first kappa shape index (κ1) is 20.7. The molecule has 0 radical (unpaired) electrons. The van der Waals surface area contributed by atoms with E-state index in [2.05, 4.69) is 9.99 Å². The number of alkyl halides is 3. The fraction of sp³-hybridized carbons (Fsp3) is 0.125. The number of oxime groups is 1. The Labute approximate surface area is 185 Å². The minimum Gasteiger partial charge on any atom is -0.399 e. The Kier molecular flexibility index (Phi) is 4.70. The zero-order valence-electron chi connectivity index (χ0n) is 17.0. The third kappa shape index (κ3) is 3.51. The maximum Gasteiger partial charge on any atom is 0.493 e. The van der Waals surface area contributed by atoms with Crippen molar-refractivity contribution in [3.8, 4) is 0 Å². The average Bonchev–Trinajstić information content (AvgIpc) is 3.12. The molecular formula is C24H16F3N3O3. The topological polar surface area (TPSA) is 86.7 Å². The third-order valence-corrected chi connectivity index (χ3v) is 5.67. The molecule has 33 heavy (non-hydrogen) atoms. The first-order valence-electron chi connectivity index (χ1n) is 10.0. The Balaban J connectivity index is 1.60. The van der Waals surface area contributed by atoms with Crippen LogP contribution in [0.5, 0.6) is 0 Å². The van der Waals surface area contributed by atoms with Gasteiger partial charge in [0.15, 0.2) is 5.78 Å². The number of carbonyl (C=O) groups is 2. The first-order valence-corrected chi connectivity index (χ1v) is 10.0. The molecule has 9 heteroatoms. The molecule has 0 saturated heterocycles. The van der Waals surface area contributed by atoms with E-state index in [1.54, 1.807) is 42.5 Å². The number of aromatic nitrogens is 1. The van der Waals surface area contributed by atoms with Crippen LogP contribution in [0.1, 0.15) is 27.9 Å². The minimum absolute atomic E-state index is 0.148. The van der Waals surface area contributed by atoms with E-state index in [1.165, 1.54) is 0 Å². The zero-order valence-corrected chi connectivity index (χ0v) is 17.0. The molecule has 0 spiro atoms. The van der Waals surface area contributed by atoms with Crippen molar-refractivity contribution in [2.24, 2.45) is 5.16 Å². The van der Waals surface area contributed by atoms with E-state index in [9.17, 15) is 22.8 Å². The predicted molar refractivity (Wildman–Crippen MR) is 117 cm³/mol. The number of ketones is 1. The molecule has 0 amide bonds. The average molecular weight is 451 g/mol. The van der Waals surface area contributed by atoms with Crippen molar-refractivity contribution >= 4 is 45.0 Å². The van der Waals surface area contributed by atoms with E-state index >= 15 is 0 Å². The van der Waals surface area contributed by atoms with Gasteiger partial charge < -0.3 is 15.1 Å². The highest BCUT2D eigenvalue weighted by Gasteiger charge is 2.42. The van der Waals surface area contributed by atoms with Crippen molar-refractivity contribution in [2.45, 2.75) is 19.1 Å². The second-order valence-corrected chi connectivity index (χ2v) is 7.70. The van der Waals surface area contributed by atoms with Crippen LogP contribution in [0.3, 0.4) is 0 Å². The molecule has 0 aliphatic carbocycles. The van der Waals surface area contributed by atoms with Gasteiger partial charge in [0.05, 0.1) is 11.2 Å². The summed E-state index contributed by atoms with van der Waals surface area (Å²) in [5.41, 5.74) is 9.77. The third-order valence-electron chi connectivity index (χ3n) is 5.67. The van der Waals surface area contributed by atoms with E-state index in [4.69, 9.17) is 5.73 Å². The summed E-state index contributed by atoms with van der Waals surface area (Å²) in [6, 6.07) is 17.4. The SMILES string of the molecule is Nc1ccc(C(=O)c2ccc3c(c2)c2cccc4c2n3CC/C4=N\OC(=O)C(F)(F)F)cc1. The highest BCUT2D eigenvalue weighted by Crippen LogP contribution is 2.36. The van der Waals surface area contributed by atoms with Crippen LogP contribution in [0.15, 0.2) is 65.8 Å². The molecule has 1 aliphatic rings. The van der Waals surface area contributed by atoms with Gasteiger partial charge in [-0.05, 0) is 42.5 Å². The van der Waals surface area contributed by atoms with Crippen LogP contribution in [0.25, 0.3) is 21.8 Å². The maximum atomic E-state index is 13.0. The summed E-state index contributed by atoms with van der Waals surface area (Å²) >= 11 is 0.